The van der Waals surface area contributed by atoms with Crippen LogP contribution in [0.5, 0.6) is 0 Å². The molecule has 0 saturated carbocycles. The zero-order valence-electron chi connectivity index (χ0n) is 12.6. The molecule has 21 heavy (non-hydrogen) atoms. The molecule has 0 amide bonds. The summed E-state index contributed by atoms with van der Waals surface area (Å²) in [5.74, 6) is 1.63. The van der Waals surface area contributed by atoms with Crippen molar-refractivity contribution in [3.8, 4) is 0 Å². The van der Waals surface area contributed by atoms with Crippen LogP contribution < -0.4 is 5.32 Å². The van der Waals surface area contributed by atoms with Crippen LogP contribution >= 0.6 is 27.7 Å². The lowest BCUT2D eigenvalue weighted by molar-refractivity contribution is 0.421. The molecule has 3 nitrogen and oxygen atoms in total. The normalized spacial score (nSPS) is 11.6. The van der Waals surface area contributed by atoms with E-state index >= 15 is 0 Å². The van der Waals surface area contributed by atoms with E-state index in [4.69, 9.17) is 0 Å². The Labute approximate surface area is 139 Å². The minimum atomic E-state index is 0.0920. The number of thioether (sulfide) groups is 1. The minimum absolute atomic E-state index is 0.0920. The second-order valence-electron chi connectivity index (χ2n) is 5.79. The number of nitrogens with one attached hydrogen (secondary N) is 1. The zero-order chi connectivity index (χ0) is 15.3. The zero-order valence-corrected chi connectivity index (χ0v) is 15.0. The lowest BCUT2D eigenvalue weighted by Crippen LogP contribution is -2.35. The molecule has 0 radical (unpaired) electrons. The molecule has 1 heterocycles. The van der Waals surface area contributed by atoms with E-state index in [-0.39, 0.29) is 5.54 Å². The fourth-order valence-corrected chi connectivity index (χ4v) is 3.10. The summed E-state index contributed by atoms with van der Waals surface area (Å²) in [7, 11) is 0. The SMILES string of the molecule is CC(C)(C)NCc1ccnc(CSc2ccccc2Br)n1. The first-order valence-electron chi connectivity index (χ1n) is 6.87. The van der Waals surface area contributed by atoms with Gasteiger partial charge in [0, 0.05) is 27.6 Å². The van der Waals surface area contributed by atoms with Crippen molar-refractivity contribution in [1.82, 2.24) is 15.3 Å². The molecule has 112 valence electrons. The van der Waals surface area contributed by atoms with Crippen LogP contribution in [0.1, 0.15) is 32.3 Å². The van der Waals surface area contributed by atoms with Gasteiger partial charge in [0.2, 0.25) is 0 Å². The first-order valence-corrected chi connectivity index (χ1v) is 8.65. The van der Waals surface area contributed by atoms with Crippen molar-refractivity contribution >= 4 is 27.7 Å². The van der Waals surface area contributed by atoms with E-state index in [1.165, 1.54) is 4.90 Å². The third kappa shape index (κ3) is 5.77. The van der Waals surface area contributed by atoms with E-state index in [0.717, 1.165) is 28.3 Å². The molecule has 1 aromatic carbocycles. The van der Waals surface area contributed by atoms with Crippen LogP contribution in [-0.2, 0) is 12.3 Å². The predicted molar refractivity (Wildman–Crippen MR) is 92.3 cm³/mol. The number of halogens is 1. The predicted octanol–water partition coefficient (Wildman–Crippen LogP) is 4.42. The van der Waals surface area contributed by atoms with E-state index in [1.54, 1.807) is 11.8 Å². The Bertz CT molecular complexity index is 596. The molecule has 0 aliphatic carbocycles. The highest BCUT2D eigenvalue weighted by Gasteiger charge is 2.09. The molecule has 0 bridgehead atoms. The van der Waals surface area contributed by atoms with Crippen molar-refractivity contribution < 1.29 is 0 Å². The molecular formula is C16H20BrN3S. The Balaban J connectivity index is 1.96. The average molecular weight is 366 g/mol. The van der Waals surface area contributed by atoms with Gasteiger partial charge >= 0.3 is 0 Å². The van der Waals surface area contributed by atoms with Gasteiger partial charge in [-0.3, -0.25) is 0 Å². The minimum Gasteiger partial charge on any atom is -0.306 e. The van der Waals surface area contributed by atoms with E-state index in [2.05, 4.69) is 58.1 Å². The fraction of sp³-hybridized carbons (Fsp3) is 0.375. The monoisotopic (exact) mass is 365 g/mol. The Hall–Kier alpha value is -0.910. The summed E-state index contributed by atoms with van der Waals surface area (Å²) < 4.78 is 1.11. The molecule has 0 saturated heterocycles. The molecule has 0 unspecified atom stereocenters. The summed E-state index contributed by atoms with van der Waals surface area (Å²) in [6, 6.07) is 10.2. The van der Waals surface area contributed by atoms with Crippen LogP contribution in [0.2, 0.25) is 0 Å². The molecular weight excluding hydrogens is 346 g/mol. The van der Waals surface area contributed by atoms with Gasteiger partial charge in [0.05, 0.1) is 11.4 Å². The summed E-state index contributed by atoms with van der Waals surface area (Å²) in [6.07, 6.45) is 1.84. The van der Waals surface area contributed by atoms with Gasteiger partial charge in [0.1, 0.15) is 5.82 Å². The van der Waals surface area contributed by atoms with Gasteiger partial charge in [-0.25, -0.2) is 9.97 Å². The lowest BCUT2D eigenvalue weighted by Gasteiger charge is -2.20. The van der Waals surface area contributed by atoms with Gasteiger partial charge in [-0.15, -0.1) is 11.8 Å². The second kappa shape index (κ2) is 7.38. The third-order valence-electron chi connectivity index (χ3n) is 2.76. The summed E-state index contributed by atoms with van der Waals surface area (Å²) in [4.78, 5) is 10.2. The quantitative estimate of drug-likeness (QED) is 0.795. The van der Waals surface area contributed by atoms with Gasteiger partial charge in [-0.2, -0.15) is 0 Å². The van der Waals surface area contributed by atoms with Crippen LogP contribution in [0, 0.1) is 0 Å². The van der Waals surface area contributed by atoms with Gasteiger partial charge < -0.3 is 5.32 Å². The molecule has 0 atom stereocenters. The largest absolute Gasteiger partial charge is 0.306 e. The Kier molecular flexibility index (Phi) is 5.79. The maximum Gasteiger partial charge on any atom is 0.138 e. The van der Waals surface area contributed by atoms with Gasteiger partial charge in [-0.1, -0.05) is 12.1 Å². The van der Waals surface area contributed by atoms with E-state index < -0.39 is 0 Å². The van der Waals surface area contributed by atoms with Gasteiger partial charge in [0.25, 0.3) is 0 Å². The van der Waals surface area contributed by atoms with Crippen LogP contribution in [0.25, 0.3) is 0 Å². The standard InChI is InChI=1S/C16H20BrN3S/c1-16(2,3)19-10-12-8-9-18-15(20-12)11-21-14-7-5-4-6-13(14)17/h4-9,19H,10-11H2,1-3H3. The Morgan fingerprint density at radius 2 is 1.95 bits per heavy atom. The van der Waals surface area contributed by atoms with E-state index in [9.17, 15) is 0 Å². The number of rotatable bonds is 5. The molecule has 0 fully saturated rings. The summed E-state index contributed by atoms with van der Waals surface area (Å²) in [5.41, 5.74) is 1.12. The number of nitrogens with zero attached hydrogens (tertiary/aromatic N) is 2. The van der Waals surface area contributed by atoms with Crippen molar-refractivity contribution in [3.05, 3.63) is 52.5 Å². The molecule has 0 aliphatic rings. The maximum atomic E-state index is 4.61. The molecule has 2 aromatic rings. The third-order valence-corrected chi connectivity index (χ3v) is 4.78. The Morgan fingerprint density at radius 1 is 1.19 bits per heavy atom. The molecule has 1 aromatic heterocycles. The molecule has 2 rings (SSSR count). The van der Waals surface area contributed by atoms with Crippen molar-refractivity contribution in [3.63, 3.8) is 0 Å². The average Bonchev–Trinajstić information content (AvgIpc) is 2.44. The van der Waals surface area contributed by atoms with Crippen LogP contribution in [0.4, 0.5) is 0 Å². The molecule has 5 heteroatoms. The summed E-state index contributed by atoms with van der Waals surface area (Å²) in [6.45, 7) is 7.21. The van der Waals surface area contributed by atoms with Crippen LogP contribution in [0.3, 0.4) is 0 Å². The molecule has 0 spiro atoms. The number of hydrogen-bond acceptors (Lipinski definition) is 4. The number of aromatic nitrogens is 2. The first-order chi connectivity index (χ1) is 9.94. The van der Waals surface area contributed by atoms with Crippen molar-refractivity contribution in [2.24, 2.45) is 0 Å². The summed E-state index contributed by atoms with van der Waals surface area (Å²) in [5, 5.41) is 3.44. The smallest absolute Gasteiger partial charge is 0.138 e. The lowest BCUT2D eigenvalue weighted by atomic mass is 10.1. The summed E-state index contributed by atoms with van der Waals surface area (Å²) >= 11 is 5.30. The fourth-order valence-electron chi connectivity index (χ4n) is 1.67. The highest BCUT2D eigenvalue weighted by Crippen LogP contribution is 2.28. The van der Waals surface area contributed by atoms with Crippen LogP contribution in [-0.4, -0.2) is 15.5 Å². The van der Waals surface area contributed by atoms with Gasteiger partial charge in [0.15, 0.2) is 0 Å². The maximum absolute atomic E-state index is 4.61. The second-order valence-corrected chi connectivity index (χ2v) is 7.66. The van der Waals surface area contributed by atoms with Crippen LogP contribution in [0.15, 0.2) is 45.9 Å². The first kappa shape index (κ1) is 16.5. The number of benzene rings is 1. The topological polar surface area (TPSA) is 37.8 Å². The Morgan fingerprint density at radius 3 is 2.67 bits per heavy atom. The van der Waals surface area contributed by atoms with Crippen molar-refractivity contribution in [2.45, 2.75) is 43.5 Å². The van der Waals surface area contributed by atoms with Crippen molar-refractivity contribution in [1.29, 1.82) is 0 Å². The highest BCUT2D eigenvalue weighted by molar-refractivity contribution is 9.10. The molecule has 0 aliphatic heterocycles. The number of hydrogen-bond donors (Lipinski definition) is 1. The van der Waals surface area contributed by atoms with Crippen molar-refractivity contribution in [2.75, 3.05) is 0 Å². The molecule has 1 N–H and O–H groups in total. The van der Waals surface area contributed by atoms with E-state index in [1.807, 2.05) is 30.5 Å². The highest BCUT2D eigenvalue weighted by atomic mass is 79.9. The van der Waals surface area contributed by atoms with E-state index in [0.29, 0.717) is 0 Å². The van der Waals surface area contributed by atoms with Gasteiger partial charge in [-0.05, 0) is 54.9 Å².